The van der Waals surface area contributed by atoms with Crippen LogP contribution < -0.4 is 0 Å². The van der Waals surface area contributed by atoms with Crippen LogP contribution in [0.2, 0.25) is 5.02 Å². The third-order valence-corrected chi connectivity index (χ3v) is 4.38. The number of amides is 1. The van der Waals surface area contributed by atoms with Gasteiger partial charge >= 0.3 is 0 Å². The quantitative estimate of drug-likeness (QED) is 0.671. The highest BCUT2D eigenvalue weighted by Crippen LogP contribution is 2.23. The summed E-state index contributed by atoms with van der Waals surface area (Å²) in [6.45, 7) is 2.69. The van der Waals surface area contributed by atoms with Crippen LogP contribution in [0.15, 0.2) is 29.2 Å². The van der Waals surface area contributed by atoms with Crippen molar-refractivity contribution in [3.63, 3.8) is 0 Å². The highest BCUT2D eigenvalue weighted by Gasteiger charge is 2.38. The normalized spacial score (nSPS) is 17.1. The van der Waals surface area contributed by atoms with E-state index in [-0.39, 0.29) is 5.91 Å². The third-order valence-electron chi connectivity index (χ3n) is 3.03. The Labute approximate surface area is 122 Å². The average molecular weight is 300 g/mol. The van der Waals surface area contributed by atoms with Crippen molar-refractivity contribution >= 4 is 29.3 Å². The van der Waals surface area contributed by atoms with Gasteiger partial charge in [-0.2, -0.15) is 0 Å². The summed E-state index contributed by atoms with van der Waals surface area (Å²) in [4.78, 5) is 14.6. The first kappa shape index (κ1) is 14.7. The zero-order chi connectivity index (χ0) is 13.9. The molecule has 1 N–H and O–H groups in total. The molecular formula is C14H18ClNO2S. The molecule has 0 saturated carbocycles. The van der Waals surface area contributed by atoms with E-state index in [0.717, 1.165) is 17.2 Å². The monoisotopic (exact) mass is 299 g/mol. The molecule has 0 atom stereocenters. The first-order valence-electron chi connectivity index (χ1n) is 6.35. The van der Waals surface area contributed by atoms with Crippen molar-refractivity contribution in [3.8, 4) is 0 Å². The molecule has 0 aromatic heterocycles. The van der Waals surface area contributed by atoms with Crippen LogP contribution in [0.1, 0.15) is 19.8 Å². The van der Waals surface area contributed by atoms with Crippen molar-refractivity contribution in [2.24, 2.45) is 0 Å². The number of carbonyl (C=O) groups is 1. The second-order valence-corrected chi connectivity index (χ2v) is 6.76. The smallest absolute Gasteiger partial charge is 0.222 e. The number of nitrogens with zero attached hydrogens (tertiary/aromatic N) is 1. The van der Waals surface area contributed by atoms with E-state index >= 15 is 0 Å². The van der Waals surface area contributed by atoms with Gasteiger partial charge in [-0.05, 0) is 43.4 Å². The fourth-order valence-corrected chi connectivity index (χ4v) is 3.03. The van der Waals surface area contributed by atoms with Crippen molar-refractivity contribution in [2.75, 3.05) is 18.8 Å². The number of rotatable bonds is 5. The van der Waals surface area contributed by atoms with Crippen LogP contribution in [0, 0.1) is 0 Å². The number of hydrogen-bond acceptors (Lipinski definition) is 3. The number of likely N-dealkylation sites (tertiary alicyclic amines) is 1. The van der Waals surface area contributed by atoms with E-state index < -0.39 is 5.60 Å². The maximum Gasteiger partial charge on any atom is 0.222 e. The van der Waals surface area contributed by atoms with Crippen molar-refractivity contribution in [3.05, 3.63) is 29.3 Å². The zero-order valence-electron chi connectivity index (χ0n) is 10.9. The molecule has 0 spiro atoms. The van der Waals surface area contributed by atoms with Crippen LogP contribution >= 0.6 is 23.4 Å². The highest BCUT2D eigenvalue weighted by molar-refractivity contribution is 7.99. The van der Waals surface area contributed by atoms with Gasteiger partial charge in [0, 0.05) is 16.3 Å². The van der Waals surface area contributed by atoms with Crippen molar-refractivity contribution < 1.29 is 9.90 Å². The number of thioether (sulfide) groups is 1. The van der Waals surface area contributed by atoms with Gasteiger partial charge in [-0.15, -0.1) is 11.8 Å². The lowest BCUT2D eigenvalue weighted by atomic mass is 9.96. The summed E-state index contributed by atoms with van der Waals surface area (Å²) >= 11 is 7.54. The van der Waals surface area contributed by atoms with E-state index in [2.05, 4.69) is 0 Å². The summed E-state index contributed by atoms with van der Waals surface area (Å²) in [6, 6.07) is 7.72. The molecule has 1 aromatic rings. The second-order valence-electron chi connectivity index (χ2n) is 5.15. The number of aliphatic hydroxyl groups is 1. The summed E-state index contributed by atoms with van der Waals surface area (Å²) in [5, 5.41) is 10.3. The predicted molar refractivity (Wildman–Crippen MR) is 78.6 cm³/mol. The molecule has 1 aliphatic rings. The number of hydrogen-bond donors (Lipinski definition) is 1. The number of benzene rings is 1. The summed E-state index contributed by atoms with van der Waals surface area (Å²) in [5.74, 6) is 1.06. The standard InChI is InChI=1S/C14H18ClNO2S/c1-14(18)9-16(10-14)13(17)3-2-8-19-12-6-4-11(15)5-7-12/h4-7,18H,2-3,8-10H2,1H3. The molecule has 3 nitrogen and oxygen atoms in total. The van der Waals surface area contributed by atoms with Gasteiger partial charge in [-0.1, -0.05) is 11.6 Å². The minimum atomic E-state index is -0.673. The first-order chi connectivity index (χ1) is 8.96. The highest BCUT2D eigenvalue weighted by atomic mass is 35.5. The van der Waals surface area contributed by atoms with E-state index in [9.17, 15) is 9.90 Å². The van der Waals surface area contributed by atoms with E-state index in [0.29, 0.717) is 19.5 Å². The molecule has 0 radical (unpaired) electrons. The van der Waals surface area contributed by atoms with Crippen LogP contribution in [0.3, 0.4) is 0 Å². The largest absolute Gasteiger partial charge is 0.386 e. The Hall–Kier alpha value is -0.710. The molecule has 1 amide bonds. The van der Waals surface area contributed by atoms with Crippen molar-refractivity contribution in [2.45, 2.75) is 30.3 Å². The van der Waals surface area contributed by atoms with E-state index in [1.807, 2.05) is 24.3 Å². The Morgan fingerprint density at radius 2 is 2.05 bits per heavy atom. The van der Waals surface area contributed by atoms with Crippen LogP contribution in [0.5, 0.6) is 0 Å². The van der Waals surface area contributed by atoms with Crippen LogP contribution in [-0.4, -0.2) is 40.4 Å². The maximum atomic E-state index is 11.8. The molecule has 2 rings (SSSR count). The van der Waals surface area contributed by atoms with E-state index in [4.69, 9.17) is 11.6 Å². The Bertz CT molecular complexity index is 439. The minimum absolute atomic E-state index is 0.142. The molecule has 104 valence electrons. The Morgan fingerprint density at radius 1 is 1.42 bits per heavy atom. The molecule has 0 aliphatic carbocycles. The third kappa shape index (κ3) is 4.41. The molecule has 1 aliphatic heterocycles. The topological polar surface area (TPSA) is 40.5 Å². The van der Waals surface area contributed by atoms with Crippen LogP contribution in [-0.2, 0) is 4.79 Å². The van der Waals surface area contributed by atoms with Gasteiger partial charge in [0.05, 0.1) is 18.7 Å². The molecule has 0 unspecified atom stereocenters. The summed E-state index contributed by atoms with van der Waals surface area (Å²) in [7, 11) is 0. The van der Waals surface area contributed by atoms with Crippen LogP contribution in [0.25, 0.3) is 0 Å². The Morgan fingerprint density at radius 3 is 2.63 bits per heavy atom. The van der Waals surface area contributed by atoms with Gasteiger partial charge in [0.1, 0.15) is 0 Å². The molecule has 1 heterocycles. The molecule has 19 heavy (non-hydrogen) atoms. The molecule has 1 aromatic carbocycles. The van der Waals surface area contributed by atoms with Crippen molar-refractivity contribution in [1.82, 2.24) is 4.90 Å². The summed E-state index contributed by atoms with van der Waals surface area (Å²) < 4.78 is 0. The minimum Gasteiger partial charge on any atom is -0.386 e. The van der Waals surface area contributed by atoms with Gasteiger partial charge in [0.25, 0.3) is 0 Å². The van der Waals surface area contributed by atoms with Gasteiger partial charge < -0.3 is 10.0 Å². The molecule has 5 heteroatoms. The molecule has 1 fully saturated rings. The van der Waals surface area contributed by atoms with Gasteiger partial charge in [0.2, 0.25) is 5.91 Å². The number of carbonyl (C=O) groups excluding carboxylic acids is 1. The van der Waals surface area contributed by atoms with Gasteiger partial charge in [0.15, 0.2) is 0 Å². The Balaban J connectivity index is 1.62. The molecule has 1 saturated heterocycles. The SMILES string of the molecule is CC1(O)CN(C(=O)CCCSc2ccc(Cl)cc2)C1. The zero-order valence-corrected chi connectivity index (χ0v) is 12.5. The lowest BCUT2D eigenvalue weighted by molar-refractivity contribution is -0.152. The average Bonchev–Trinajstić information content (AvgIpc) is 2.33. The summed E-state index contributed by atoms with van der Waals surface area (Å²) in [6.07, 6.45) is 1.40. The molecule has 0 bridgehead atoms. The predicted octanol–water partition coefficient (Wildman–Crippen LogP) is 2.81. The second kappa shape index (κ2) is 6.16. The number of β-amino-alcohol motifs (C(OH)–C–C–N with tert-alkyl or cyclic N) is 1. The van der Waals surface area contributed by atoms with Gasteiger partial charge in [-0.25, -0.2) is 0 Å². The van der Waals surface area contributed by atoms with E-state index in [1.165, 1.54) is 4.90 Å². The first-order valence-corrected chi connectivity index (χ1v) is 7.71. The lowest BCUT2D eigenvalue weighted by Crippen LogP contribution is -2.61. The van der Waals surface area contributed by atoms with Gasteiger partial charge in [-0.3, -0.25) is 4.79 Å². The molecular weight excluding hydrogens is 282 g/mol. The van der Waals surface area contributed by atoms with Crippen molar-refractivity contribution in [1.29, 1.82) is 0 Å². The maximum absolute atomic E-state index is 11.8. The van der Waals surface area contributed by atoms with Crippen LogP contribution in [0.4, 0.5) is 0 Å². The lowest BCUT2D eigenvalue weighted by Gasteiger charge is -2.44. The Kier molecular flexibility index (Phi) is 4.76. The summed E-state index contributed by atoms with van der Waals surface area (Å²) in [5.41, 5.74) is -0.673. The number of halogens is 1. The van der Waals surface area contributed by atoms with E-state index in [1.54, 1.807) is 23.6 Å². The fraction of sp³-hybridized carbons (Fsp3) is 0.500. The fourth-order valence-electron chi connectivity index (χ4n) is 2.05.